The van der Waals surface area contributed by atoms with Gasteiger partial charge in [-0.05, 0) is 32.0 Å². The molecule has 0 aromatic heterocycles. The number of halogens is 3. The van der Waals surface area contributed by atoms with Gasteiger partial charge >= 0.3 is 6.30 Å². The Bertz CT molecular complexity index is 450. The van der Waals surface area contributed by atoms with Gasteiger partial charge in [0.25, 0.3) is 11.3 Å². The van der Waals surface area contributed by atoms with E-state index in [0.717, 1.165) is 6.07 Å². The first-order valence-electron chi connectivity index (χ1n) is 5.64. The minimum atomic E-state index is -4.92. The van der Waals surface area contributed by atoms with Crippen LogP contribution in [0.15, 0.2) is 24.3 Å². The van der Waals surface area contributed by atoms with E-state index in [1.165, 1.54) is 12.1 Å². The molecule has 0 saturated carbocycles. The number of alkyl halides is 3. The lowest BCUT2D eigenvalue weighted by molar-refractivity contribution is -0.115. The Hall–Kier alpha value is -1.28. The van der Waals surface area contributed by atoms with Crippen molar-refractivity contribution in [2.75, 3.05) is 22.3 Å². The van der Waals surface area contributed by atoms with Gasteiger partial charge in [0.2, 0.25) is 0 Å². The quantitative estimate of drug-likeness (QED) is 0.671. The van der Waals surface area contributed by atoms with Crippen molar-refractivity contribution in [3.05, 3.63) is 24.3 Å². The van der Waals surface area contributed by atoms with E-state index < -0.39 is 21.9 Å². The summed E-state index contributed by atoms with van der Waals surface area (Å²) < 4.78 is 57.3. The summed E-state index contributed by atoms with van der Waals surface area (Å²) in [6, 6.07) is 5.48. The molecule has 0 bridgehead atoms. The fraction of sp³-hybridized carbons (Fsp3) is 0.455. The molecule has 8 heteroatoms. The Labute approximate surface area is 112 Å². The lowest BCUT2D eigenvalue weighted by Crippen LogP contribution is -2.39. The van der Waals surface area contributed by atoms with Crippen LogP contribution < -0.4 is 9.21 Å². The molecule has 0 saturated heterocycles. The molecule has 0 spiro atoms. The Morgan fingerprint density at radius 2 is 1.74 bits per heavy atom. The van der Waals surface area contributed by atoms with Crippen molar-refractivity contribution < 1.29 is 21.9 Å². The van der Waals surface area contributed by atoms with Gasteiger partial charge in [-0.25, -0.2) is 4.21 Å². The van der Waals surface area contributed by atoms with Gasteiger partial charge in [0, 0.05) is 18.8 Å². The van der Waals surface area contributed by atoms with Crippen LogP contribution in [0.3, 0.4) is 0 Å². The van der Waals surface area contributed by atoms with Crippen LogP contribution >= 0.6 is 0 Å². The zero-order valence-electron chi connectivity index (χ0n) is 10.5. The summed E-state index contributed by atoms with van der Waals surface area (Å²) in [5.41, 5.74) is 0.208. The van der Waals surface area contributed by atoms with Crippen LogP contribution in [0.5, 0.6) is 0 Å². The van der Waals surface area contributed by atoms with Crippen molar-refractivity contribution in [3.8, 4) is 0 Å². The highest BCUT2D eigenvalue weighted by Gasteiger charge is 2.41. The lowest BCUT2D eigenvalue weighted by Gasteiger charge is -2.25. The van der Waals surface area contributed by atoms with Gasteiger partial charge in [0.1, 0.15) is 0 Å². The summed E-state index contributed by atoms with van der Waals surface area (Å²) >= 11 is -3.16. The van der Waals surface area contributed by atoms with E-state index in [9.17, 15) is 17.4 Å². The number of hydrogen-bond donors (Lipinski definition) is 1. The molecule has 108 valence electrons. The fourth-order valence-corrected chi connectivity index (χ4v) is 2.20. The molecule has 0 aliphatic carbocycles. The van der Waals surface area contributed by atoms with Gasteiger partial charge in [-0.15, -0.1) is 13.2 Å². The molecule has 0 aliphatic rings. The van der Waals surface area contributed by atoms with Gasteiger partial charge in [-0.2, -0.15) is 4.31 Å². The van der Waals surface area contributed by atoms with Gasteiger partial charge in [-0.3, -0.25) is 4.55 Å². The standard InChI is InChI=1S/C11H15F3N2O2S/c1-3-15(4-2)9-6-5-7-10(8-9)16(19(17)18)11(12,13)14/h5-8H,3-4H2,1-2H3,(H,17,18). The van der Waals surface area contributed by atoms with Crippen molar-refractivity contribution in [1.82, 2.24) is 0 Å². The molecule has 1 aromatic rings. The van der Waals surface area contributed by atoms with E-state index in [4.69, 9.17) is 4.55 Å². The van der Waals surface area contributed by atoms with Gasteiger partial charge in [-0.1, -0.05) is 6.07 Å². The van der Waals surface area contributed by atoms with Gasteiger partial charge < -0.3 is 4.90 Å². The number of anilines is 2. The minimum absolute atomic E-state index is 0.363. The lowest BCUT2D eigenvalue weighted by atomic mass is 10.2. The highest BCUT2D eigenvalue weighted by molar-refractivity contribution is 7.80. The third-order valence-electron chi connectivity index (χ3n) is 2.58. The molecule has 4 nitrogen and oxygen atoms in total. The molecule has 1 rings (SSSR count). The SMILES string of the molecule is CCN(CC)c1cccc(N(S(=O)O)C(F)(F)F)c1. The van der Waals surface area contributed by atoms with Crippen LogP contribution in [0.25, 0.3) is 0 Å². The van der Waals surface area contributed by atoms with Crippen LogP contribution in [0, 0.1) is 0 Å². The number of nitrogens with zero attached hydrogens (tertiary/aromatic N) is 2. The van der Waals surface area contributed by atoms with Crippen LogP contribution in [0.2, 0.25) is 0 Å². The van der Waals surface area contributed by atoms with E-state index >= 15 is 0 Å². The number of hydrogen-bond acceptors (Lipinski definition) is 2. The van der Waals surface area contributed by atoms with Gasteiger partial charge in [0.15, 0.2) is 0 Å². The van der Waals surface area contributed by atoms with Crippen LogP contribution in [0.1, 0.15) is 13.8 Å². The Balaban J connectivity index is 3.19. The van der Waals surface area contributed by atoms with Crippen molar-refractivity contribution >= 4 is 22.6 Å². The summed E-state index contributed by atoms with van der Waals surface area (Å²) in [5, 5.41) is 0. The molecular formula is C11H15F3N2O2S. The molecule has 1 unspecified atom stereocenters. The van der Waals surface area contributed by atoms with Gasteiger partial charge in [0.05, 0.1) is 5.69 Å². The molecule has 19 heavy (non-hydrogen) atoms. The van der Waals surface area contributed by atoms with Crippen molar-refractivity contribution in [2.45, 2.75) is 20.1 Å². The molecule has 0 heterocycles. The van der Waals surface area contributed by atoms with E-state index in [1.54, 1.807) is 6.07 Å². The first-order valence-corrected chi connectivity index (χ1v) is 6.70. The second kappa shape index (κ2) is 6.25. The maximum Gasteiger partial charge on any atom is 0.498 e. The molecule has 1 aromatic carbocycles. The zero-order valence-corrected chi connectivity index (χ0v) is 11.3. The smallest absolute Gasteiger partial charge is 0.372 e. The average molecular weight is 296 g/mol. The Morgan fingerprint density at radius 3 is 2.16 bits per heavy atom. The van der Waals surface area contributed by atoms with Crippen molar-refractivity contribution in [2.24, 2.45) is 0 Å². The molecule has 0 aliphatic heterocycles. The molecule has 0 amide bonds. The second-order valence-electron chi connectivity index (χ2n) is 3.69. The van der Waals surface area contributed by atoms with E-state index in [-0.39, 0.29) is 5.69 Å². The molecule has 1 N–H and O–H groups in total. The summed E-state index contributed by atoms with van der Waals surface area (Å²) in [7, 11) is 0. The first-order chi connectivity index (χ1) is 8.81. The second-order valence-corrected chi connectivity index (χ2v) is 4.51. The summed E-state index contributed by atoms with van der Waals surface area (Å²) in [6.07, 6.45) is -4.92. The topological polar surface area (TPSA) is 43.8 Å². The predicted octanol–water partition coefficient (Wildman–Crippen LogP) is 3.00. The van der Waals surface area contributed by atoms with Crippen LogP contribution in [-0.2, 0) is 11.3 Å². The minimum Gasteiger partial charge on any atom is -0.372 e. The third kappa shape index (κ3) is 3.84. The normalized spacial score (nSPS) is 13.2. The summed E-state index contributed by atoms with van der Waals surface area (Å²) in [4.78, 5) is 1.85. The first kappa shape index (κ1) is 15.8. The van der Waals surface area contributed by atoms with Crippen LogP contribution in [-0.4, -0.2) is 28.2 Å². The maximum atomic E-state index is 12.7. The molecule has 0 radical (unpaired) electrons. The highest BCUT2D eigenvalue weighted by atomic mass is 32.2. The van der Waals surface area contributed by atoms with E-state index in [1.807, 2.05) is 18.7 Å². The van der Waals surface area contributed by atoms with E-state index in [2.05, 4.69) is 0 Å². The van der Waals surface area contributed by atoms with E-state index in [0.29, 0.717) is 18.8 Å². The molecular weight excluding hydrogens is 281 g/mol. The zero-order chi connectivity index (χ0) is 14.6. The fourth-order valence-electron chi connectivity index (χ4n) is 1.73. The molecule has 1 atom stereocenters. The highest BCUT2D eigenvalue weighted by Crippen LogP contribution is 2.32. The third-order valence-corrected chi connectivity index (χ3v) is 3.31. The maximum absolute atomic E-state index is 12.7. The van der Waals surface area contributed by atoms with Crippen molar-refractivity contribution in [1.29, 1.82) is 0 Å². The largest absolute Gasteiger partial charge is 0.498 e. The predicted molar refractivity (Wildman–Crippen MR) is 69.3 cm³/mol. The summed E-state index contributed by atoms with van der Waals surface area (Å²) in [5.74, 6) is 0. The monoisotopic (exact) mass is 296 g/mol. The van der Waals surface area contributed by atoms with Crippen LogP contribution in [0.4, 0.5) is 24.5 Å². The Morgan fingerprint density at radius 1 is 1.21 bits per heavy atom. The molecule has 0 fully saturated rings. The summed E-state index contributed by atoms with van der Waals surface area (Å²) in [6.45, 7) is 5.02. The number of rotatable bonds is 5. The van der Waals surface area contributed by atoms with Crippen molar-refractivity contribution in [3.63, 3.8) is 0 Å². The average Bonchev–Trinajstić information content (AvgIpc) is 2.28. The number of benzene rings is 1. The Kier molecular flexibility index (Phi) is 5.19.